The molecule has 7 heteroatoms. The molecule has 0 spiro atoms. The number of aromatic nitrogens is 2. The molecule has 0 N–H and O–H groups in total. The van der Waals surface area contributed by atoms with Crippen LogP contribution in [-0.2, 0) is 6.54 Å². The highest BCUT2D eigenvalue weighted by Crippen LogP contribution is 2.29. The summed E-state index contributed by atoms with van der Waals surface area (Å²) in [5.41, 5.74) is 1.77. The van der Waals surface area contributed by atoms with Crippen molar-refractivity contribution in [3.63, 3.8) is 0 Å². The number of para-hydroxylation sites is 1. The van der Waals surface area contributed by atoms with Crippen molar-refractivity contribution in [1.82, 2.24) is 14.9 Å². The standard InChI is InChI=1S/C22H13N3O4/c26-20-15-8-7-14(19-24-18-6-2-1-5-16(18)22(28)29-19)10-17(15)21(27)25(20)12-13-4-3-9-23-11-13/h1-11H,12H2. The van der Waals surface area contributed by atoms with Crippen LogP contribution >= 0.6 is 0 Å². The minimum absolute atomic E-state index is 0.0995. The van der Waals surface area contributed by atoms with Gasteiger partial charge in [-0.05, 0) is 42.0 Å². The highest BCUT2D eigenvalue weighted by Gasteiger charge is 2.36. The van der Waals surface area contributed by atoms with E-state index in [9.17, 15) is 14.4 Å². The van der Waals surface area contributed by atoms with Gasteiger partial charge in [0.15, 0.2) is 0 Å². The molecule has 0 saturated carbocycles. The molecule has 2 aromatic heterocycles. The van der Waals surface area contributed by atoms with Crippen molar-refractivity contribution in [2.75, 3.05) is 0 Å². The minimum Gasteiger partial charge on any atom is -0.403 e. The van der Waals surface area contributed by atoms with Crippen molar-refractivity contribution in [3.05, 3.63) is 94.1 Å². The largest absolute Gasteiger partial charge is 0.403 e. The van der Waals surface area contributed by atoms with E-state index in [0.29, 0.717) is 22.0 Å². The Hall–Kier alpha value is -4.13. The number of carbonyl (C=O) groups excluding carboxylic acids is 2. The summed E-state index contributed by atoms with van der Waals surface area (Å²) in [6.07, 6.45) is 3.24. The van der Waals surface area contributed by atoms with Crippen molar-refractivity contribution in [1.29, 1.82) is 0 Å². The number of nitrogens with zero attached hydrogens (tertiary/aromatic N) is 3. The molecule has 2 amide bonds. The predicted molar refractivity (Wildman–Crippen MR) is 104 cm³/mol. The molecular formula is C22H13N3O4. The Morgan fingerprint density at radius 3 is 2.55 bits per heavy atom. The zero-order valence-electron chi connectivity index (χ0n) is 15.0. The Bertz CT molecular complexity index is 1350. The highest BCUT2D eigenvalue weighted by atomic mass is 16.4. The number of rotatable bonds is 3. The van der Waals surface area contributed by atoms with E-state index in [-0.39, 0.29) is 23.9 Å². The Balaban J connectivity index is 1.54. The SMILES string of the molecule is O=C1c2ccc(-c3nc4ccccc4c(=O)o3)cc2C(=O)N1Cc1cccnc1. The summed E-state index contributed by atoms with van der Waals surface area (Å²) in [7, 11) is 0. The van der Waals surface area contributed by atoms with Gasteiger partial charge in [-0.15, -0.1) is 0 Å². The van der Waals surface area contributed by atoms with Crippen LogP contribution in [0.3, 0.4) is 0 Å². The molecule has 140 valence electrons. The number of hydrogen-bond acceptors (Lipinski definition) is 6. The zero-order chi connectivity index (χ0) is 20.0. The number of benzene rings is 2. The molecule has 3 heterocycles. The lowest BCUT2D eigenvalue weighted by Crippen LogP contribution is -2.29. The Labute approximate surface area is 164 Å². The number of amides is 2. The maximum Gasteiger partial charge on any atom is 0.347 e. The second-order valence-corrected chi connectivity index (χ2v) is 6.64. The van der Waals surface area contributed by atoms with Crippen LogP contribution < -0.4 is 5.63 Å². The maximum atomic E-state index is 12.8. The van der Waals surface area contributed by atoms with E-state index in [4.69, 9.17) is 4.42 Å². The molecule has 5 rings (SSSR count). The summed E-state index contributed by atoms with van der Waals surface area (Å²) in [5, 5.41) is 0.381. The van der Waals surface area contributed by atoms with Gasteiger partial charge < -0.3 is 4.42 Å². The van der Waals surface area contributed by atoms with E-state index in [1.54, 1.807) is 67.0 Å². The van der Waals surface area contributed by atoms with E-state index < -0.39 is 11.5 Å². The molecule has 0 bridgehead atoms. The molecular weight excluding hydrogens is 370 g/mol. The Kier molecular flexibility index (Phi) is 3.80. The summed E-state index contributed by atoms with van der Waals surface area (Å²) < 4.78 is 5.34. The van der Waals surface area contributed by atoms with Crippen molar-refractivity contribution >= 4 is 22.7 Å². The van der Waals surface area contributed by atoms with Gasteiger partial charge in [0.05, 0.1) is 28.6 Å². The number of pyridine rings is 1. The van der Waals surface area contributed by atoms with Crippen LogP contribution in [0.1, 0.15) is 26.3 Å². The van der Waals surface area contributed by atoms with Gasteiger partial charge in [-0.3, -0.25) is 19.5 Å². The quantitative estimate of drug-likeness (QED) is 0.505. The van der Waals surface area contributed by atoms with E-state index in [2.05, 4.69) is 9.97 Å². The van der Waals surface area contributed by atoms with Gasteiger partial charge in [-0.1, -0.05) is 18.2 Å². The first-order chi connectivity index (χ1) is 14.1. The van der Waals surface area contributed by atoms with Crippen LogP contribution in [0.15, 0.2) is 76.2 Å². The average molecular weight is 383 g/mol. The molecule has 4 aromatic rings. The summed E-state index contributed by atoms with van der Waals surface area (Å²) in [6.45, 7) is 0.138. The first kappa shape index (κ1) is 17.0. The van der Waals surface area contributed by atoms with Gasteiger partial charge in [-0.2, -0.15) is 0 Å². The molecule has 0 radical (unpaired) electrons. The molecule has 1 aliphatic heterocycles. The first-order valence-electron chi connectivity index (χ1n) is 8.91. The van der Waals surface area contributed by atoms with E-state index in [1.807, 2.05) is 0 Å². The van der Waals surface area contributed by atoms with Crippen LogP contribution in [0, 0.1) is 0 Å². The van der Waals surface area contributed by atoms with Gasteiger partial charge in [-0.25, -0.2) is 9.78 Å². The molecule has 0 fully saturated rings. The molecule has 1 aliphatic rings. The van der Waals surface area contributed by atoms with Gasteiger partial charge in [0, 0.05) is 18.0 Å². The zero-order valence-corrected chi connectivity index (χ0v) is 15.0. The monoisotopic (exact) mass is 383 g/mol. The summed E-state index contributed by atoms with van der Waals surface area (Å²) in [5.74, 6) is -0.672. The lowest BCUT2D eigenvalue weighted by Gasteiger charge is -2.13. The molecule has 0 saturated heterocycles. The van der Waals surface area contributed by atoms with Crippen molar-refractivity contribution in [2.24, 2.45) is 0 Å². The van der Waals surface area contributed by atoms with Crippen LogP contribution in [0.4, 0.5) is 0 Å². The number of fused-ring (bicyclic) bond motifs is 2. The molecule has 7 nitrogen and oxygen atoms in total. The van der Waals surface area contributed by atoms with Gasteiger partial charge >= 0.3 is 5.63 Å². The fraction of sp³-hybridized carbons (Fsp3) is 0.0455. The van der Waals surface area contributed by atoms with Crippen LogP contribution in [0.5, 0.6) is 0 Å². The maximum absolute atomic E-state index is 12.8. The Morgan fingerprint density at radius 1 is 0.897 bits per heavy atom. The molecule has 2 aromatic carbocycles. The van der Waals surface area contributed by atoms with Gasteiger partial charge in [0.1, 0.15) is 0 Å². The summed E-state index contributed by atoms with van der Waals surface area (Å²) >= 11 is 0. The topological polar surface area (TPSA) is 93.4 Å². The summed E-state index contributed by atoms with van der Waals surface area (Å²) in [4.78, 5) is 47.3. The first-order valence-corrected chi connectivity index (χ1v) is 8.91. The molecule has 0 aliphatic carbocycles. The second-order valence-electron chi connectivity index (χ2n) is 6.64. The molecule has 0 atom stereocenters. The molecule has 0 unspecified atom stereocenters. The minimum atomic E-state index is -0.508. The van der Waals surface area contributed by atoms with Crippen molar-refractivity contribution in [2.45, 2.75) is 6.54 Å². The van der Waals surface area contributed by atoms with E-state index in [0.717, 1.165) is 5.56 Å². The predicted octanol–water partition coefficient (Wildman–Crippen LogP) is 3.05. The Morgan fingerprint density at radius 2 is 1.72 bits per heavy atom. The average Bonchev–Trinajstić information content (AvgIpc) is 2.99. The number of carbonyl (C=O) groups is 2. The van der Waals surface area contributed by atoms with Crippen molar-refractivity contribution in [3.8, 4) is 11.5 Å². The lowest BCUT2D eigenvalue weighted by atomic mass is 10.1. The fourth-order valence-corrected chi connectivity index (χ4v) is 3.38. The number of imide groups is 1. The van der Waals surface area contributed by atoms with Crippen LogP contribution in [0.25, 0.3) is 22.4 Å². The van der Waals surface area contributed by atoms with Crippen LogP contribution in [0.2, 0.25) is 0 Å². The van der Waals surface area contributed by atoms with Crippen LogP contribution in [-0.4, -0.2) is 26.7 Å². The normalized spacial score (nSPS) is 13.2. The fourth-order valence-electron chi connectivity index (χ4n) is 3.38. The summed E-state index contributed by atoms with van der Waals surface area (Å²) in [6, 6.07) is 15.1. The lowest BCUT2D eigenvalue weighted by molar-refractivity contribution is 0.0642. The van der Waals surface area contributed by atoms with Gasteiger partial charge in [0.2, 0.25) is 5.89 Å². The third-order valence-corrected chi connectivity index (χ3v) is 4.82. The highest BCUT2D eigenvalue weighted by molar-refractivity contribution is 6.21. The molecule has 29 heavy (non-hydrogen) atoms. The van der Waals surface area contributed by atoms with E-state index >= 15 is 0 Å². The third-order valence-electron chi connectivity index (χ3n) is 4.82. The smallest absolute Gasteiger partial charge is 0.347 e. The number of hydrogen-bond donors (Lipinski definition) is 0. The third kappa shape index (κ3) is 2.80. The van der Waals surface area contributed by atoms with Crippen molar-refractivity contribution < 1.29 is 14.0 Å². The van der Waals surface area contributed by atoms with Gasteiger partial charge in [0.25, 0.3) is 11.8 Å². The second kappa shape index (κ2) is 6.49. The van der Waals surface area contributed by atoms with E-state index in [1.165, 1.54) is 4.90 Å².